The molecule has 10 nitrogen and oxygen atoms in total. The van der Waals surface area contributed by atoms with E-state index in [2.05, 4.69) is 24.7 Å². The Morgan fingerprint density at radius 3 is 2.71 bits per heavy atom. The van der Waals surface area contributed by atoms with Crippen LogP contribution in [0.5, 0.6) is 5.75 Å². The Morgan fingerprint density at radius 1 is 1.43 bits per heavy atom. The molecule has 0 bridgehead atoms. The maximum atomic E-state index is 11.5. The second-order valence-corrected chi connectivity index (χ2v) is 3.74. The highest BCUT2D eigenvalue weighted by Crippen LogP contribution is 2.10. The molecule has 3 aromatic rings. The van der Waals surface area contributed by atoms with E-state index in [4.69, 9.17) is 5.73 Å². The summed E-state index contributed by atoms with van der Waals surface area (Å²) in [7, 11) is 1.15. The topological polar surface area (TPSA) is 151 Å². The molecule has 0 aromatic carbocycles. The molecule has 0 spiro atoms. The molecule has 0 atom stereocenters. The van der Waals surface area contributed by atoms with Crippen molar-refractivity contribution in [1.29, 1.82) is 0 Å². The van der Waals surface area contributed by atoms with Gasteiger partial charge in [0.1, 0.15) is 0 Å². The van der Waals surface area contributed by atoms with E-state index >= 15 is 0 Å². The van der Waals surface area contributed by atoms with Gasteiger partial charge in [0.15, 0.2) is 11.6 Å². The molecule has 21 heavy (non-hydrogen) atoms. The molecule has 5 N–H and O–H groups in total. The zero-order valence-corrected chi connectivity index (χ0v) is 10.9. The number of anilines is 1. The number of methoxy groups -OCH3 is 1. The van der Waals surface area contributed by atoms with E-state index in [0.717, 1.165) is 11.5 Å². The minimum atomic E-state index is -0.824. The molecule has 0 aliphatic carbocycles. The van der Waals surface area contributed by atoms with Gasteiger partial charge in [0.2, 0.25) is 11.5 Å². The predicted octanol–water partition coefficient (Wildman–Crippen LogP) is -0.493. The van der Waals surface area contributed by atoms with Gasteiger partial charge in [0.05, 0.1) is 7.11 Å². The van der Waals surface area contributed by atoms with Crippen molar-refractivity contribution >= 4 is 17.7 Å². The summed E-state index contributed by atoms with van der Waals surface area (Å²) in [5.74, 6) is -0.879. The van der Waals surface area contributed by atoms with Gasteiger partial charge in [-0.2, -0.15) is 0 Å². The van der Waals surface area contributed by atoms with Crippen molar-refractivity contribution < 1.29 is 14.6 Å². The molecule has 0 radical (unpaired) electrons. The van der Waals surface area contributed by atoms with Crippen LogP contribution in [0.15, 0.2) is 29.6 Å². The lowest BCUT2D eigenvalue weighted by atomic mass is 10.4. The molecule has 110 valence electrons. The van der Waals surface area contributed by atoms with Crippen molar-refractivity contribution in [3.8, 4) is 5.75 Å². The molecule has 3 rings (SSSR count). The van der Waals surface area contributed by atoms with Crippen molar-refractivity contribution in [2.75, 3.05) is 12.8 Å². The predicted molar refractivity (Wildman–Crippen MR) is 71.8 cm³/mol. The average Bonchev–Trinajstić information content (AvgIpc) is 3.13. The molecule has 0 fully saturated rings. The Hall–Kier alpha value is -3.30. The number of esters is 1. The third kappa shape index (κ3) is 2.83. The smallest absolute Gasteiger partial charge is 0.358 e. The van der Waals surface area contributed by atoms with E-state index in [9.17, 15) is 14.7 Å². The van der Waals surface area contributed by atoms with E-state index in [1.807, 2.05) is 0 Å². The fourth-order valence-electron chi connectivity index (χ4n) is 1.48. The van der Waals surface area contributed by atoms with Gasteiger partial charge in [-0.1, -0.05) is 0 Å². The second-order valence-electron chi connectivity index (χ2n) is 3.74. The first-order valence-corrected chi connectivity index (χ1v) is 5.66. The zero-order valence-electron chi connectivity index (χ0n) is 10.9. The van der Waals surface area contributed by atoms with Gasteiger partial charge in [0.25, 0.3) is 0 Å². The molecule has 10 heteroatoms. The summed E-state index contributed by atoms with van der Waals surface area (Å²) < 4.78 is 5.48. The summed E-state index contributed by atoms with van der Waals surface area (Å²) >= 11 is 0. The summed E-state index contributed by atoms with van der Waals surface area (Å²) in [6.07, 6.45) is 6.02. The fourth-order valence-corrected chi connectivity index (χ4v) is 1.48. The highest BCUT2D eigenvalue weighted by atomic mass is 16.5. The molecule has 0 amide bonds. The number of hydrogen-bond donors (Lipinski definition) is 4. The third-order valence-electron chi connectivity index (χ3n) is 2.44. The lowest BCUT2D eigenvalue weighted by Crippen LogP contribution is -2.18. The lowest BCUT2D eigenvalue weighted by molar-refractivity contribution is 0.0590. The SMILES string of the molecule is COC(=O)c1[nH]c2nccn2c(=O)c1O.Nc1ncc[nH]1. The van der Waals surface area contributed by atoms with Gasteiger partial charge in [-0.25, -0.2) is 19.2 Å². The Kier molecular flexibility index (Phi) is 3.88. The maximum Gasteiger partial charge on any atom is 0.358 e. The second kappa shape index (κ2) is 5.77. The van der Waals surface area contributed by atoms with E-state index in [-0.39, 0.29) is 11.5 Å². The Labute approximate surface area is 117 Å². The molecule has 0 aliphatic heterocycles. The first-order valence-electron chi connectivity index (χ1n) is 5.66. The van der Waals surface area contributed by atoms with Crippen molar-refractivity contribution in [2.24, 2.45) is 0 Å². The number of rotatable bonds is 1. The third-order valence-corrected chi connectivity index (χ3v) is 2.44. The molecule has 3 heterocycles. The number of fused-ring (bicyclic) bond motifs is 1. The lowest BCUT2D eigenvalue weighted by Gasteiger charge is -2.02. The van der Waals surface area contributed by atoms with Crippen LogP contribution >= 0.6 is 0 Å². The molecule has 0 aliphatic rings. The first-order chi connectivity index (χ1) is 10.0. The first kappa shape index (κ1) is 14.1. The van der Waals surface area contributed by atoms with Gasteiger partial charge in [-0.05, 0) is 0 Å². The van der Waals surface area contributed by atoms with Crippen molar-refractivity contribution in [1.82, 2.24) is 24.3 Å². The van der Waals surface area contributed by atoms with Gasteiger partial charge in [-0.15, -0.1) is 0 Å². The van der Waals surface area contributed by atoms with Crippen molar-refractivity contribution in [3.63, 3.8) is 0 Å². The quantitative estimate of drug-likeness (QED) is 0.441. The van der Waals surface area contributed by atoms with Gasteiger partial charge < -0.3 is 25.5 Å². The summed E-state index contributed by atoms with van der Waals surface area (Å²) in [6, 6.07) is 0. The summed E-state index contributed by atoms with van der Waals surface area (Å²) in [5, 5.41) is 9.42. The number of nitrogen functional groups attached to an aromatic ring is 1. The number of aromatic hydroxyl groups is 1. The van der Waals surface area contributed by atoms with Gasteiger partial charge in [-0.3, -0.25) is 4.79 Å². The number of nitrogens with zero attached hydrogens (tertiary/aromatic N) is 3. The van der Waals surface area contributed by atoms with Crippen LogP contribution in [0.1, 0.15) is 10.5 Å². The number of nitrogens with one attached hydrogen (secondary N) is 2. The number of carbonyl (C=O) groups is 1. The standard InChI is InChI=1S/C8H7N3O4.C3H5N3/c1-15-7(14)4-5(12)6(13)11-3-2-9-8(11)10-4;4-3-5-1-2-6-3/h2-3,12H,1H3,(H,9,10);1-2H,(H3,4,5,6). The number of aromatic nitrogens is 5. The van der Waals surface area contributed by atoms with Crippen LogP contribution in [-0.4, -0.2) is 42.5 Å². The number of aromatic amines is 2. The number of ether oxygens (including phenoxy) is 1. The van der Waals surface area contributed by atoms with Crippen LogP contribution < -0.4 is 11.3 Å². The van der Waals surface area contributed by atoms with Crippen LogP contribution in [0, 0.1) is 0 Å². The van der Waals surface area contributed by atoms with Crippen LogP contribution in [-0.2, 0) is 4.74 Å². The molecule has 0 unspecified atom stereocenters. The summed E-state index contributed by atoms with van der Waals surface area (Å²) in [4.78, 5) is 35.2. The fraction of sp³-hybridized carbons (Fsp3) is 0.0909. The van der Waals surface area contributed by atoms with E-state index < -0.39 is 17.3 Å². The van der Waals surface area contributed by atoms with E-state index in [1.165, 1.54) is 12.4 Å². The van der Waals surface area contributed by atoms with Crippen LogP contribution in [0.2, 0.25) is 0 Å². The van der Waals surface area contributed by atoms with E-state index in [0.29, 0.717) is 5.95 Å². The van der Waals surface area contributed by atoms with Crippen LogP contribution in [0.4, 0.5) is 5.95 Å². The number of nitrogens with two attached hydrogens (primary N) is 1. The number of imidazole rings is 2. The Balaban J connectivity index is 0.000000225. The van der Waals surface area contributed by atoms with Crippen LogP contribution in [0.25, 0.3) is 5.78 Å². The molecular weight excluding hydrogens is 280 g/mol. The highest BCUT2D eigenvalue weighted by molar-refractivity contribution is 5.90. The Morgan fingerprint density at radius 2 is 2.19 bits per heavy atom. The minimum Gasteiger partial charge on any atom is -0.501 e. The maximum absolute atomic E-state index is 11.5. The largest absolute Gasteiger partial charge is 0.501 e. The number of carbonyl (C=O) groups excluding carboxylic acids is 1. The zero-order chi connectivity index (χ0) is 15.4. The van der Waals surface area contributed by atoms with Gasteiger partial charge in [0, 0.05) is 24.8 Å². The minimum absolute atomic E-state index is 0.165. The summed E-state index contributed by atoms with van der Waals surface area (Å²) in [5.41, 5.74) is 4.09. The number of hydrogen-bond acceptors (Lipinski definition) is 7. The van der Waals surface area contributed by atoms with Gasteiger partial charge >= 0.3 is 11.5 Å². The van der Waals surface area contributed by atoms with E-state index in [1.54, 1.807) is 12.4 Å². The monoisotopic (exact) mass is 292 g/mol. The number of H-pyrrole nitrogens is 2. The van der Waals surface area contributed by atoms with Crippen LogP contribution in [0.3, 0.4) is 0 Å². The molecular formula is C11H12N6O4. The highest BCUT2D eigenvalue weighted by Gasteiger charge is 2.17. The van der Waals surface area contributed by atoms with Crippen molar-refractivity contribution in [3.05, 3.63) is 40.8 Å². The van der Waals surface area contributed by atoms with Crippen molar-refractivity contribution in [2.45, 2.75) is 0 Å². The average molecular weight is 292 g/mol. The Bertz CT molecular complexity index is 804. The summed E-state index contributed by atoms with van der Waals surface area (Å²) in [6.45, 7) is 0. The molecule has 3 aromatic heterocycles. The molecule has 0 saturated heterocycles. The molecule has 0 saturated carbocycles. The normalized spacial score (nSPS) is 9.95.